The molecule has 0 N–H and O–H groups in total. The van der Waals surface area contributed by atoms with Crippen molar-refractivity contribution in [1.29, 1.82) is 0 Å². The lowest BCUT2D eigenvalue weighted by Crippen LogP contribution is -2.52. The van der Waals surface area contributed by atoms with Gasteiger partial charge in [-0.15, -0.1) is 0 Å². The van der Waals surface area contributed by atoms with E-state index < -0.39 is 10.0 Å². The number of carbonyl (C=O) groups excluding carboxylic acids is 1. The predicted molar refractivity (Wildman–Crippen MR) is 96.8 cm³/mol. The summed E-state index contributed by atoms with van der Waals surface area (Å²) < 4.78 is 36.1. The minimum atomic E-state index is -3.19. The summed E-state index contributed by atoms with van der Waals surface area (Å²) in [4.78, 5) is 16.1. The van der Waals surface area contributed by atoms with Crippen LogP contribution in [0.5, 0.6) is 11.5 Å². The maximum atomic E-state index is 12.4. The first-order valence-electron chi connectivity index (χ1n) is 8.63. The second-order valence-corrected chi connectivity index (χ2v) is 8.72. The van der Waals surface area contributed by atoms with E-state index in [9.17, 15) is 13.2 Å². The van der Waals surface area contributed by atoms with Crippen LogP contribution in [-0.4, -0.2) is 93.7 Å². The van der Waals surface area contributed by atoms with Gasteiger partial charge in [-0.2, -0.15) is 4.31 Å². The van der Waals surface area contributed by atoms with Crippen molar-refractivity contribution in [3.63, 3.8) is 0 Å². The number of nitrogens with zero attached hydrogens (tertiary/aromatic N) is 3. The molecule has 0 radical (unpaired) electrons. The van der Waals surface area contributed by atoms with Crippen molar-refractivity contribution in [2.75, 3.05) is 59.2 Å². The maximum Gasteiger partial charge on any atom is 0.236 e. The number of fused-ring (bicyclic) bond motifs is 1. The van der Waals surface area contributed by atoms with Crippen LogP contribution in [-0.2, 0) is 14.8 Å². The Morgan fingerprint density at radius 1 is 1.19 bits per heavy atom. The first-order chi connectivity index (χ1) is 12.3. The van der Waals surface area contributed by atoms with Crippen LogP contribution in [0.15, 0.2) is 24.3 Å². The van der Waals surface area contributed by atoms with E-state index in [1.807, 2.05) is 36.2 Å². The number of piperazine rings is 1. The number of hydrogen-bond donors (Lipinski definition) is 0. The SMILES string of the molecule is CN(CC(=O)N1CCN(S(C)(=O)=O)CC1)C[C@H]1COc2ccccc2O1. The van der Waals surface area contributed by atoms with E-state index in [2.05, 4.69) is 0 Å². The Kier molecular flexibility index (Phi) is 5.69. The molecular formula is C17H25N3O5S. The second-order valence-electron chi connectivity index (χ2n) is 6.74. The highest BCUT2D eigenvalue weighted by molar-refractivity contribution is 7.88. The van der Waals surface area contributed by atoms with Crippen molar-refractivity contribution < 1.29 is 22.7 Å². The van der Waals surface area contributed by atoms with Gasteiger partial charge in [0.05, 0.1) is 12.8 Å². The summed E-state index contributed by atoms with van der Waals surface area (Å²) in [6.07, 6.45) is 1.06. The minimum absolute atomic E-state index is 0.00206. The van der Waals surface area contributed by atoms with Crippen molar-refractivity contribution in [3.05, 3.63) is 24.3 Å². The Labute approximate surface area is 154 Å². The number of rotatable bonds is 5. The number of likely N-dealkylation sites (N-methyl/N-ethyl adjacent to an activating group) is 1. The number of amides is 1. The van der Waals surface area contributed by atoms with Gasteiger partial charge in [-0.05, 0) is 19.2 Å². The Balaban J connectivity index is 1.45. The van der Waals surface area contributed by atoms with Gasteiger partial charge in [0.1, 0.15) is 12.7 Å². The van der Waals surface area contributed by atoms with Crippen LogP contribution >= 0.6 is 0 Å². The molecule has 0 unspecified atom stereocenters. The molecule has 1 fully saturated rings. The van der Waals surface area contributed by atoms with Gasteiger partial charge in [-0.1, -0.05) is 12.1 Å². The Hall–Kier alpha value is -1.84. The van der Waals surface area contributed by atoms with E-state index in [4.69, 9.17) is 9.47 Å². The van der Waals surface area contributed by atoms with Crippen molar-refractivity contribution in [3.8, 4) is 11.5 Å². The number of sulfonamides is 1. The van der Waals surface area contributed by atoms with E-state index in [1.165, 1.54) is 10.6 Å². The maximum absolute atomic E-state index is 12.4. The Morgan fingerprint density at radius 3 is 2.50 bits per heavy atom. The third kappa shape index (κ3) is 4.66. The van der Waals surface area contributed by atoms with Crippen LogP contribution in [0.3, 0.4) is 0 Å². The van der Waals surface area contributed by atoms with Gasteiger partial charge in [0, 0.05) is 32.7 Å². The molecule has 0 bridgehead atoms. The fourth-order valence-electron chi connectivity index (χ4n) is 3.17. The summed E-state index contributed by atoms with van der Waals surface area (Å²) in [6.45, 7) is 2.84. The molecule has 9 heteroatoms. The number of hydrogen-bond acceptors (Lipinski definition) is 6. The van der Waals surface area contributed by atoms with Gasteiger partial charge in [0.25, 0.3) is 0 Å². The summed E-state index contributed by atoms with van der Waals surface area (Å²) in [5.74, 6) is 1.46. The highest BCUT2D eigenvalue weighted by Crippen LogP contribution is 2.30. The molecule has 2 aliphatic heterocycles. The molecule has 8 nitrogen and oxygen atoms in total. The topological polar surface area (TPSA) is 79.4 Å². The average molecular weight is 383 g/mol. The molecule has 144 valence electrons. The molecule has 0 saturated carbocycles. The molecule has 3 rings (SSSR count). The smallest absolute Gasteiger partial charge is 0.236 e. The third-order valence-electron chi connectivity index (χ3n) is 4.55. The van der Waals surface area contributed by atoms with Crippen LogP contribution < -0.4 is 9.47 Å². The Bertz CT molecular complexity index is 747. The first kappa shape index (κ1) is 18.9. The van der Waals surface area contributed by atoms with Crippen LogP contribution in [0.1, 0.15) is 0 Å². The number of ether oxygens (including phenoxy) is 2. The van der Waals surface area contributed by atoms with E-state index >= 15 is 0 Å². The molecule has 0 spiro atoms. The van der Waals surface area contributed by atoms with Gasteiger partial charge in [-0.25, -0.2) is 8.42 Å². The van der Waals surface area contributed by atoms with Crippen LogP contribution in [0.25, 0.3) is 0 Å². The van der Waals surface area contributed by atoms with Gasteiger partial charge >= 0.3 is 0 Å². The van der Waals surface area contributed by atoms with E-state index in [0.29, 0.717) is 39.3 Å². The summed E-state index contributed by atoms with van der Waals surface area (Å²) in [7, 11) is -1.32. The van der Waals surface area contributed by atoms with Crippen LogP contribution in [0.4, 0.5) is 0 Å². The molecule has 0 aromatic heterocycles. The molecular weight excluding hydrogens is 358 g/mol. The largest absolute Gasteiger partial charge is 0.486 e. The lowest BCUT2D eigenvalue weighted by molar-refractivity contribution is -0.133. The monoisotopic (exact) mass is 383 g/mol. The summed E-state index contributed by atoms with van der Waals surface area (Å²) in [6, 6.07) is 7.54. The molecule has 1 aromatic rings. The van der Waals surface area contributed by atoms with Crippen molar-refractivity contribution >= 4 is 15.9 Å². The van der Waals surface area contributed by atoms with Crippen molar-refractivity contribution in [1.82, 2.24) is 14.1 Å². The zero-order valence-corrected chi connectivity index (χ0v) is 15.9. The average Bonchev–Trinajstić information content (AvgIpc) is 2.61. The summed E-state index contributed by atoms with van der Waals surface area (Å²) in [5, 5.41) is 0. The normalized spacial score (nSPS) is 21.0. The Morgan fingerprint density at radius 2 is 1.85 bits per heavy atom. The van der Waals surface area contributed by atoms with Gasteiger partial charge in [0.15, 0.2) is 11.5 Å². The van der Waals surface area contributed by atoms with Crippen LogP contribution in [0, 0.1) is 0 Å². The van der Waals surface area contributed by atoms with E-state index in [0.717, 1.165) is 11.5 Å². The molecule has 1 saturated heterocycles. The van der Waals surface area contributed by atoms with Gasteiger partial charge in [0.2, 0.25) is 15.9 Å². The van der Waals surface area contributed by atoms with E-state index in [-0.39, 0.29) is 18.6 Å². The molecule has 2 heterocycles. The van der Waals surface area contributed by atoms with Crippen molar-refractivity contribution in [2.45, 2.75) is 6.10 Å². The van der Waals surface area contributed by atoms with E-state index in [1.54, 1.807) is 4.90 Å². The number of carbonyl (C=O) groups is 1. The summed E-state index contributed by atoms with van der Waals surface area (Å²) in [5.41, 5.74) is 0. The molecule has 1 atom stereocenters. The highest BCUT2D eigenvalue weighted by atomic mass is 32.2. The predicted octanol–water partition coefficient (Wildman–Crippen LogP) is -0.138. The number of benzene rings is 1. The van der Waals surface area contributed by atoms with Crippen molar-refractivity contribution in [2.24, 2.45) is 0 Å². The number of para-hydroxylation sites is 2. The lowest BCUT2D eigenvalue weighted by atomic mass is 10.2. The minimum Gasteiger partial charge on any atom is -0.486 e. The molecule has 1 amide bonds. The quantitative estimate of drug-likeness (QED) is 0.704. The second kappa shape index (κ2) is 7.81. The first-order valence-corrected chi connectivity index (χ1v) is 10.5. The highest BCUT2D eigenvalue weighted by Gasteiger charge is 2.27. The summed E-state index contributed by atoms with van der Waals surface area (Å²) >= 11 is 0. The molecule has 0 aliphatic carbocycles. The van der Waals surface area contributed by atoms with Crippen LogP contribution in [0.2, 0.25) is 0 Å². The molecule has 26 heavy (non-hydrogen) atoms. The zero-order chi connectivity index (χ0) is 18.7. The van der Waals surface area contributed by atoms with Gasteiger partial charge in [-0.3, -0.25) is 9.69 Å². The molecule has 2 aliphatic rings. The fraction of sp³-hybridized carbons (Fsp3) is 0.588. The standard InChI is InChI=1S/C17H25N3O5S/c1-18(11-14-13-24-15-5-3-4-6-16(15)25-14)12-17(21)19-7-9-20(10-8-19)26(2,22)23/h3-6,14H,7-13H2,1-2H3/t14-/m0/s1. The zero-order valence-electron chi connectivity index (χ0n) is 15.1. The fourth-order valence-corrected chi connectivity index (χ4v) is 3.99. The lowest BCUT2D eigenvalue weighted by Gasteiger charge is -2.34. The molecule has 1 aromatic carbocycles. The van der Waals surface area contributed by atoms with Gasteiger partial charge < -0.3 is 14.4 Å². The third-order valence-corrected chi connectivity index (χ3v) is 5.85.